The van der Waals surface area contributed by atoms with Gasteiger partial charge in [0.2, 0.25) is 0 Å². The van der Waals surface area contributed by atoms with E-state index < -0.39 is 0 Å². The number of aryl methyl sites for hydroxylation is 2. The van der Waals surface area contributed by atoms with Crippen LogP contribution in [-0.2, 0) is 13.5 Å². The molecule has 0 unspecified atom stereocenters. The number of hydrogen-bond donors (Lipinski definition) is 1. The van der Waals surface area contributed by atoms with Crippen molar-refractivity contribution in [1.82, 2.24) is 9.78 Å². The molecule has 17 heavy (non-hydrogen) atoms. The monoisotopic (exact) mass is 238 g/mol. The number of aromatic nitrogens is 2. The van der Waals surface area contributed by atoms with E-state index in [-0.39, 0.29) is 0 Å². The van der Waals surface area contributed by atoms with Crippen LogP contribution < -0.4 is 10.6 Å². The molecule has 0 saturated carbocycles. The molecule has 0 atom stereocenters. The van der Waals surface area contributed by atoms with Gasteiger partial charge in [-0.15, -0.1) is 0 Å². The first-order valence-electron chi connectivity index (χ1n) is 6.46. The molecule has 0 aliphatic rings. The van der Waals surface area contributed by atoms with Gasteiger partial charge in [-0.2, -0.15) is 5.10 Å². The summed E-state index contributed by atoms with van der Waals surface area (Å²) in [4.78, 5) is 2.34. The Morgan fingerprint density at radius 1 is 1.29 bits per heavy atom. The van der Waals surface area contributed by atoms with Crippen molar-refractivity contribution in [1.29, 1.82) is 0 Å². The first-order chi connectivity index (χ1) is 7.88. The Morgan fingerprint density at radius 3 is 2.24 bits per heavy atom. The average Bonchev–Trinajstić information content (AvgIpc) is 2.50. The Bertz CT molecular complexity index is 366. The van der Waals surface area contributed by atoms with Crippen LogP contribution in [0.4, 0.5) is 11.5 Å². The van der Waals surface area contributed by atoms with E-state index >= 15 is 0 Å². The quantitative estimate of drug-likeness (QED) is 0.857. The van der Waals surface area contributed by atoms with Crippen molar-refractivity contribution in [3.8, 4) is 0 Å². The van der Waals surface area contributed by atoms with E-state index in [1.165, 1.54) is 0 Å². The second kappa shape index (κ2) is 5.43. The molecule has 0 aliphatic carbocycles. The topological polar surface area (TPSA) is 47.1 Å². The molecule has 2 N–H and O–H groups in total. The van der Waals surface area contributed by atoms with Crippen LogP contribution in [-0.4, -0.2) is 22.4 Å². The predicted octanol–water partition coefficient (Wildman–Crippen LogP) is 2.44. The Kier molecular flexibility index (Phi) is 4.43. The Labute approximate surface area is 105 Å². The third kappa shape index (κ3) is 2.93. The SMILES string of the molecule is CCc1nn(C)c(N(CC(C)C)C(C)C)c1N. The molecule has 4 nitrogen and oxygen atoms in total. The number of nitrogens with zero attached hydrogens (tertiary/aromatic N) is 3. The van der Waals surface area contributed by atoms with Crippen LogP contribution in [0, 0.1) is 5.92 Å². The maximum atomic E-state index is 6.20. The van der Waals surface area contributed by atoms with E-state index in [0.717, 1.165) is 30.2 Å². The number of anilines is 2. The lowest BCUT2D eigenvalue weighted by molar-refractivity contribution is 0.553. The number of hydrogen-bond acceptors (Lipinski definition) is 3. The van der Waals surface area contributed by atoms with Gasteiger partial charge in [-0.25, -0.2) is 0 Å². The van der Waals surface area contributed by atoms with Gasteiger partial charge in [-0.05, 0) is 26.2 Å². The van der Waals surface area contributed by atoms with Gasteiger partial charge in [-0.3, -0.25) is 4.68 Å². The fourth-order valence-corrected chi connectivity index (χ4v) is 2.12. The minimum Gasteiger partial charge on any atom is -0.394 e. The van der Waals surface area contributed by atoms with E-state index in [0.29, 0.717) is 12.0 Å². The minimum absolute atomic E-state index is 0.430. The minimum atomic E-state index is 0.430. The number of nitrogens with two attached hydrogens (primary N) is 1. The summed E-state index contributed by atoms with van der Waals surface area (Å²) >= 11 is 0. The predicted molar refractivity (Wildman–Crippen MR) is 74.3 cm³/mol. The molecule has 0 radical (unpaired) electrons. The Morgan fingerprint density at radius 2 is 1.88 bits per heavy atom. The fraction of sp³-hybridized carbons (Fsp3) is 0.769. The molecule has 1 aromatic rings. The summed E-state index contributed by atoms with van der Waals surface area (Å²) in [6.45, 7) is 11.9. The molecule has 0 fully saturated rings. The van der Waals surface area contributed by atoms with Crippen molar-refractivity contribution in [2.45, 2.75) is 47.1 Å². The van der Waals surface area contributed by atoms with E-state index in [4.69, 9.17) is 5.73 Å². The zero-order valence-electron chi connectivity index (χ0n) is 12.0. The van der Waals surface area contributed by atoms with Crippen LogP contribution in [0.3, 0.4) is 0 Å². The lowest BCUT2D eigenvalue weighted by Crippen LogP contribution is -2.36. The van der Waals surface area contributed by atoms with Gasteiger partial charge in [0.15, 0.2) is 5.82 Å². The van der Waals surface area contributed by atoms with E-state index in [9.17, 15) is 0 Å². The van der Waals surface area contributed by atoms with Crippen molar-refractivity contribution in [2.24, 2.45) is 13.0 Å². The number of nitrogen functional groups attached to an aromatic ring is 1. The third-order valence-electron chi connectivity index (χ3n) is 2.92. The van der Waals surface area contributed by atoms with E-state index in [1.807, 2.05) is 11.7 Å². The zero-order valence-corrected chi connectivity index (χ0v) is 12.0. The van der Waals surface area contributed by atoms with Crippen LogP contribution in [0.2, 0.25) is 0 Å². The van der Waals surface area contributed by atoms with E-state index in [2.05, 4.69) is 44.6 Å². The Hall–Kier alpha value is -1.19. The molecular formula is C13H26N4. The third-order valence-corrected chi connectivity index (χ3v) is 2.92. The highest BCUT2D eigenvalue weighted by atomic mass is 15.4. The highest BCUT2D eigenvalue weighted by Gasteiger charge is 2.21. The summed E-state index contributed by atoms with van der Waals surface area (Å²) in [6.07, 6.45) is 0.882. The highest BCUT2D eigenvalue weighted by Crippen LogP contribution is 2.28. The summed E-state index contributed by atoms with van der Waals surface area (Å²) < 4.78 is 1.91. The average molecular weight is 238 g/mol. The maximum absolute atomic E-state index is 6.20. The van der Waals surface area contributed by atoms with Gasteiger partial charge < -0.3 is 10.6 Å². The molecule has 0 bridgehead atoms. The Balaban J connectivity index is 3.13. The summed E-state index contributed by atoms with van der Waals surface area (Å²) in [6, 6.07) is 0.430. The standard InChI is InChI=1S/C13H26N4/c1-7-11-12(14)13(16(6)15-11)17(10(4)5)8-9(2)3/h9-10H,7-8,14H2,1-6H3. The van der Waals surface area contributed by atoms with Gasteiger partial charge in [-0.1, -0.05) is 20.8 Å². The van der Waals surface area contributed by atoms with Crippen molar-refractivity contribution >= 4 is 11.5 Å². The second-order valence-electron chi connectivity index (χ2n) is 5.30. The summed E-state index contributed by atoms with van der Waals surface area (Å²) in [5, 5.41) is 4.49. The molecule has 1 heterocycles. The molecule has 1 rings (SSSR count). The van der Waals surface area contributed by atoms with Crippen LogP contribution in [0.15, 0.2) is 0 Å². The molecule has 0 spiro atoms. The lowest BCUT2D eigenvalue weighted by atomic mass is 10.1. The van der Waals surface area contributed by atoms with Crippen molar-refractivity contribution in [3.05, 3.63) is 5.69 Å². The van der Waals surface area contributed by atoms with Crippen LogP contribution in [0.1, 0.15) is 40.3 Å². The maximum Gasteiger partial charge on any atom is 0.150 e. The normalized spacial score (nSPS) is 11.5. The van der Waals surface area contributed by atoms with Crippen LogP contribution in [0.25, 0.3) is 0 Å². The summed E-state index contributed by atoms with van der Waals surface area (Å²) in [7, 11) is 1.97. The number of rotatable bonds is 5. The molecule has 0 saturated heterocycles. The summed E-state index contributed by atoms with van der Waals surface area (Å²) in [5.41, 5.74) is 8.04. The summed E-state index contributed by atoms with van der Waals surface area (Å²) in [5.74, 6) is 1.67. The first kappa shape index (κ1) is 13.9. The molecule has 0 aromatic carbocycles. The molecule has 1 aromatic heterocycles. The van der Waals surface area contributed by atoms with Gasteiger partial charge in [0.25, 0.3) is 0 Å². The largest absolute Gasteiger partial charge is 0.394 e. The highest BCUT2D eigenvalue weighted by molar-refractivity contribution is 5.66. The van der Waals surface area contributed by atoms with E-state index in [1.54, 1.807) is 0 Å². The molecular weight excluding hydrogens is 212 g/mol. The molecule has 0 aliphatic heterocycles. The second-order valence-corrected chi connectivity index (χ2v) is 5.30. The van der Waals surface area contributed by atoms with Gasteiger partial charge in [0, 0.05) is 19.6 Å². The molecule has 98 valence electrons. The van der Waals surface area contributed by atoms with Crippen molar-refractivity contribution in [2.75, 3.05) is 17.2 Å². The smallest absolute Gasteiger partial charge is 0.150 e. The fourth-order valence-electron chi connectivity index (χ4n) is 2.12. The van der Waals surface area contributed by atoms with Crippen molar-refractivity contribution < 1.29 is 0 Å². The molecule has 4 heteroatoms. The van der Waals surface area contributed by atoms with Crippen molar-refractivity contribution in [3.63, 3.8) is 0 Å². The first-order valence-corrected chi connectivity index (χ1v) is 6.46. The van der Waals surface area contributed by atoms with Gasteiger partial charge in [0.05, 0.1) is 11.4 Å². The van der Waals surface area contributed by atoms with Crippen LogP contribution in [0.5, 0.6) is 0 Å². The molecule has 0 amide bonds. The lowest BCUT2D eigenvalue weighted by Gasteiger charge is -2.30. The van der Waals surface area contributed by atoms with Gasteiger partial charge in [0.1, 0.15) is 0 Å². The van der Waals surface area contributed by atoms with Crippen LogP contribution >= 0.6 is 0 Å². The zero-order chi connectivity index (χ0) is 13.2. The van der Waals surface area contributed by atoms with Gasteiger partial charge >= 0.3 is 0 Å².